The number of nitrogens with one attached hydrogen (secondary N) is 1. The van der Waals surface area contributed by atoms with Gasteiger partial charge < -0.3 is 15.8 Å². The number of aryl methyl sites for hydroxylation is 1. The largest absolute Gasteiger partial charge is 0.320 e. The highest BCUT2D eigenvalue weighted by molar-refractivity contribution is 7.10. The van der Waals surface area contributed by atoms with Crippen molar-refractivity contribution in [2.45, 2.75) is 25.4 Å². The van der Waals surface area contributed by atoms with Gasteiger partial charge in [-0.1, -0.05) is 30.3 Å². The minimum Gasteiger partial charge on any atom is -0.320 e. The van der Waals surface area contributed by atoms with E-state index < -0.39 is 5.54 Å². The second kappa shape index (κ2) is 6.31. The second-order valence-corrected chi connectivity index (χ2v) is 6.07. The van der Waals surface area contributed by atoms with Crippen molar-refractivity contribution in [3.8, 4) is 0 Å². The Morgan fingerprint density at radius 1 is 1.35 bits per heavy atom. The summed E-state index contributed by atoms with van der Waals surface area (Å²) in [5, 5.41) is 5.33. The number of hydrogen-bond acceptors (Lipinski definition) is 4. The number of carbonyl (C=O) groups excluding carboxylic acids is 1. The Kier molecular flexibility index (Phi) is 4.70. The fourth-order valence-corrected chi connectivity index (χ4v) is 3.52. The van der Waals surface area contributed by atoms with Crippen LogP contribution < -0.4 is 11.1 Å². The molecule has 2 unspecified atom stereocenters. The van der Waals surface area contributed by atoms with Crippen LogP contribution in [0.15, 0.2) is 41.8 Å². The fraction of sp³-hybridized carbons (Fsp3) is 0.312. The van der Waals surface area contributed by atoms with Crippen molar-refractivity contribution < 1.29 is 4.79 Å². The average Bonchev–Trinajstić information content (AvgIpc) is 2.86. The Morgan fingerprint density at radius 3 is 2.60 bits per heavy atom. The Labute approximate surface area is 123 Å². The highest BCUT2D eigenvalue weighted by Gasteiger charge is 2.34. The molecular formula is C16H20N2OS. The molecule has 0 aliphatic heterocycles. The van der Waals surface area contributed by atoms with E-state index in [4.69, 9.17) is 5.73 Å². The molecule has 0 saturated carbocycles. The van der Waals surface area contributed by atoms with Gasteiger partial charge in [-0.25, -0.2) is 0 Å². The van der Waals surface area contributed by atoms with Crippen LogP contribution in [0.25, 0.3) is 0 Å². The predicted molar refractivity (Wildman–Crippen MR) is 83.8 cm³/mol. The summed E-state index contributed by atoms with van der Waals surface area (Å²) >= 11 is 1.67. The average molecular weight is 288 g/mol. The maximum atomic E-state index is 10.7. The van der Waals surface area contributed by atoms with Gasteiger partial charge in [-0.05, 0) is 36.4 Å². The lowest BCUT2D eigenvalue weighted by atomic mass is 9.84. The first-order valence-corrected chi connectivity index (χ1v) is 7.50. The number of benzene rings is 1. The number of hydrogen-bond donors (Lipinski definition) is 2. The SMILES string of the molecule is Cc1ccsc1C(NCC=O)C(C)(N)c1ccccc1. The topological polar surface area (TPSA) is 55.1 Å². The molecule has 4 heteroatoms. The molecule has 0 bridgehead atoms. The molecule has 1 aromatic heterocycles. The summed E-state index contributed by atoms with van der Waals surface area (Å²) in [7, 11) is 0. The quantitative estimate of drug-likeness (QED) is 0.804. The van der Waals surface area contributed by atoms with Crippen LogP contribution >= 0.6 is 11.3 Å². The maximum absolute atomic E-state index is 10.7. The molecule has 20 heavy (non-hydrogen) atoms. The summed E-state index contributed by atoms with van der Waals surface area (Å²) in [6, 6.07) is 12.0. The summed E-state index contributed by atoms with van der Waals surface area (Å²) in [4.78, 5) is 11.9. The monoisotopic (exact) mass is 288 g/mol. The molecule has 0 aliphatic carbocycles. The molecule has 2 aromatic rings. The first kappa shape index (κ1) is 14.9. The summed E-state index contributed by atoms with van der Waals surface area (Å²) in [6.07, 6.45) is 0.872. The Morgan fingerprint density at radius 2 is 2.05 bits per heavy atom. The molecule has 106 valence electrons. The molecular weight excluding hydrogens is 268 g/mol. The number of rotatable bonds is 6. The summed E-state index contributed by atoms with van der Waals surface area (Å²) < 4.78 is 0. The van der Waals surface area contributed by atoms with Crippen molar-refractivity contribution >= 4 is 17.6 Å². The lowest BCUT2D eigenvalue weighted by Gasteiger charge is -2.35. The molecule has 1 heterocycles. The third kappa shape index (κ3) is 2.98. The first-order valence-electron chi connectivity index (χ1n) is 6.62. The lowest BCUT2D eigenvalue weighted by Crippen LogP contribution is -2.46. The fourth-order valence-electron chi connectivity index (χ4n) is 2.39. The smallest absolute Gasteiger partial charge is 0.133 e. The Balaban J connectivity index is 2.40. The molecule has 0 amide bonds. The van der Waals surface area contributed by atoms with Gasteiger partial charge in [-0.2, -0.15) is 0 Å². The third-order valence-corrected chi connectivity index (χ3v) is 4.65. The molecule has 2 atom stereocenters. The van der Waals surface area contributed by atoms with Gasteiger partial charge in [0.2, 0.25) is 0 Å². The summed E-state index contributed by atoms with van der Waals surface area (Å²) in [5.41, 5.74) is 8.28. The van der Waals surface area contributed by atoms with Crippen molar-refractivity contribution in [2.75, 3.05) is 6.54 Å². The number of nitrogens with two attached hydrogens (primary N) is 1. The van der Waals surface area contributed by atoms with Gasteiger partial charge >= 0.3 is 0 Å². The Bertz CT molecular complexity index is 563. The number of carbonyl (C=O) groups is 1. The van der Waals surface area contributed by atoms with Crippen LogP contribution in [-0.2, 0) is 10.3 Å². The van der Waals surface area contributed by atoms with Crippen LogP contribution in [0.2, 0.25) is 0 Å². The van der Waals surface area contributed by atoms with Crippen LogP contribution in [0.3, 0.4) is 0 Å². The van der Waals surface area contributed by atoms with Gasteiger partial charge in [0.05, 0.1) is 18.1 Å². The molecule has 1 aromatic carbocycles. The van der Waals surface area contributed by atoms with Crippen molar-refractivity contribution in [1.29, 1.82) is 0 Å². The highest BCUT2D eigenvalue weighted by atomic mass is 32.1. The van der Waals surface area contributed by atoms with E-state index in [1.54, 1.807) is 11.3 Å². The highest BCUT2D eigenvalue weighted by Crippen LogP contribution is 2.36. The van der Waals surface area contributed by atoms with E-state index in [1.807, 2.05) is 37.3 Å². The van der Waals surface area contributed by atoms with Gasteiger partial charge in [0.15, 0.2) is 0 Å². The van der Waals surface area contributed by atoms with Crippen LogP contribution in [0.1, 0.15) is 29.0 Å². The van der Waals surface area contributed by atoms with Crippen molar-refractivity contribution in [2.24, 2.45) is 5.73 Å². The zero-order valence-corrected chi connectivity index (χ0v) is 12.6. The van der Waals surface area contributed by atoms with Gasteiger partial charge in [0.1, 0.15) is 6.29 Å². The molecule has 0 fully saturated rings. The van der Waals surface area contributed by atoms with E-state index in [1.165, 1.54) is 10.4 Å². The summed E-state index contributed by atoms with van der Waals surface area (Å²) in [6.45, 7) is 4.37. The first-order chi connectivity index (χ1) is 9.57. The van der Waals surface area contributed by atoms with Gasteiger partial charge in [0.25, 0.3) is 0 Å². The number of thiophene rings is 1. The standard InChI is InChI=1S/C16H20N2OS/c1-12-8-11-20-14(12)15(18-9-10-19)16(2,17)13-6-4-3-5-7-13/h3-8,10-11,15,18H,9,17H2,1-2H3. The molecule has 2 rings (SSSR count). The van der Waals surface area contributed by atoms with Gasteiger partial charge in [0, 0.05) is 4.88 Å². The molecule has 0 spiro atoms. The van der Waals surface area contributed by atoms with Crippen LogP contribution in [0.4, 0.5) is 0 Å². The van der Waals surface area contributed by atoms with E-state index in [0.717, 1.165) is 11.8 Å². The second-order valence-electron chi connectivity index (χ2n) is 5.12. The molecule has 0 aliphatic rings. The van der Waals surface area contributed by atoms with Gasteiger partial charge in [-0.15, -0.1) is 11.3 Å². The maximum Gasteiger partial charge on any atom is 0.133 e. The lowest BCUT2D eigenvalue weighted by molar-refractivity contribution is -0.107. The van der Waals surface area contributed by atoms with Crippen LogP contribution in [-0.4, -0.2) is 12.8 Å². The van der Waals surface area contributed by atoms with E-state index in [9.17, 15) is 4.79 Å². The van der Waals surface area contributed by atoms with E-state index >= 15 is 0 Å². The van der Waals surface area contributed by atoms with Crippen LogP contribution in [0.5, 0.6) is 0 Å². The minimum absolute atomic E-state index is 0.0879. The summed E-state index contributed by atoms with van der Waals surface area (Å²) in [5.74, 6) is 0. The molecule has 0 radical (unpaired) electrons. The normalized spacial score (nSPS) is 15.6. The Hall–Kier alpha value is -1.49. The van der Waals surface area contributed by atoms with E-state index in [-0.39, 0.29) is 6.04 Å². The zero-order valence-electron chi connectivity index (χ0n) is 11.8. The van der Waals surface area contributed by atoms with Crippen LogP contribution in [0, 0.1) is 6.92 Å². The van der Waals surface area contributed by atoms with E-state index in [2.05, 4.69) is 23.7 Å². The number of aldehydes is 1. The third-order valence-electron chi connectivity index (χ3n) is 3.56. The van der Waals surface area contributed by atoms with Crippen molar-refractivity contribution in [3.05, 3.63) is 57.8 Å². The molecule has 0 saturated heterocycles. The zero-order chi connectivity index (χ0) is 14.6. The molecule has 3 nitrogen and oxygen atoms in total. The van der Waals surface area contributed by atoms with E-state index in [0.29, 0.717) is 6.54 Å². The molecule has 3 N–H and O–H groups in total. The van der Waals surface area contributed by atoms with Crippen molar-refractivity contribution in [1.82, 2.24) is 5.32 Å². The minimum atomic E-state index is -0.583. The predicted octanol–water partition coefficient (Wildman–Crippen LogP) is 2.76. The van der Waals surface area contributed by atoms with Gasteiger partial charge in [-0.3, -0.25) is 0 Å². The van der Waals surface area contributed by atoms with Crippen molar-refractivity contribution in [3.63, 3.8) is 0 Å².